The number of nitrogens with zero attached hydrogens (tertiary/aromatic N) is 1. The summed E-state index contributed by atoms with van der Waals surface area (Å²) in [6.07, 6.45) is 8.81. The highest BCUT2D eigenvalue weighted by atomic mass is 16.5. The summed E-state index contributed by atoms with van der Waals surface area (Å²) in [4.78, 5) is 2.61. The van der Waals surface area contributed by atoms with Gasteiger partial charge < -0.3 is 10.5 Å². The van der Waals surface area contributed by atoms with E-state index in [9.17, 15) is 0 Å². The van der Waals surface area contributed by atoms with Gasteiger partial charge in [-0.1, -0.05) is 13.3 Å². The van der Waals surface area contributed by atoms with Crippen molar-refractivity contribution < 1.29 is 4.74 Å². The van der Waals surface area contributed by atoms with Crippen molar-refractivity contribution in [2.75, 3.05) is 19.7 Å². The van der Waals surface area contributed by atoms with Crippen LogP contribution in [0.1, 0.15) is 51.9 Å². The summed E-state index contributed by atoms with van der Waals surface area (Å²) in [6, 6.07) is 0.748. The molecule has 3 aliphatic rings. The Morgan fingerprint density at radius 2 is 2.12 bits per heavy atom. The molecule has 1 atom stereocenters. The van der Waals surface area contributed by atoms with Crippen LogP contribution in [0, 0.1) is 0 Å². The van der Waals surface area contributed by atoms with E-state index in [-0.39, 0.29) is 11.1 Å². The van der Waals surface area contributed by atoms with Gasteiger partial charge in [0, 0.05) is 31.3 Å². The first-order chi connectivity index (χ1) is 8.15. The van der Waals surface area contributed by atoms with E-state index >= 15 is 0 Å². The molecule has 3 fully saturated rings. The second kappa shape index (κ2) is 4.22. The monoisotopic (exact) mass is 238 g/mol. The van der Waals surface area contributed by atoms with Crippen molar-refractivity contribution in [1.29, 1.82) is 0 Å². The minimum atomic E-state index is 0.125. The lowest BCUT2D eigenvalue weighted by molar-refractivity contribution is -0.159. The second-order valence-corrected chi connectivity index (χ2v) is 6.55. The Hall–Kier alpha value is -0.120. The first-order valence-corrected chi connectivity index (χ1v) is 7.32. The van der Waals surface area contributed by atoms with Gasteiger partial charge in [0.1, 0.15) is 0 Å². The van der Waals surface area contributed by atoms with Crippen molar-refractivity contribution in [3.8, 4) is 0 Å². The number of hydrogen-bond donors (Lipinski definition) is 1. The van der Waals surface area contributed by atoms with Gasteiger partial charge in [-0.3, -0.25) is 4.90 Å². The van der Waals surface area contributed by atoms with Crippen molar-refractivity contribution in [2.24, 2.45) is 5.73 Å². The molecule has 0 aromatic heterocycles. The van der Waals surface area contributed by atoms with Crippen molar-refractivity contribution in [3.05, 3.63) is 0 Å². The Kier molecular flexibility index (Phi) is 2.96. The molecule has 0 radical (unpaired) electrons. The van der Waals surface area contributed by atoms with Gasteiger partial charge in [-0.05, 0) is 38.5 Å². The van der Waals surface area contributed by atoms with Crippen LogP contribution in [0.25, 0.3) is 0 Å². The summed E-state index contributed by atoms with van der Waals surface area (Å²) in [7, 11) is 0. The molecule has 17 heavy (non-hydrogen) atoms. The number of ether oxygens (including phenoxy) is 1. The van der Waals surface area contributed by atoms with Crippen molar-refractivity contribution >= 4 is 0 Å². The zero-order valence-corrected chi connectivity index (χ0v) is 11.1. The van der Waals surface area contributed by atoms with Crippen molar-refractivity contribution in [1.82, 2.24) is 4.90 Å². The summed E-state index contributed by atoms with van der Waals surface area (Å²) in [5, 5.41) is 0. The number of likely N-dealkylation sites (tertiary alicyclic amines) is 1. The second-order valence-electron chi connectivity index (χ2n) is 6.55. The zero-order chi connectivity index (χ0) is 11.9. The predicted molar refractivity (Wildman–Crippen MR) is 69.0 cm³/mol. The standard InChI is InChI=1S/C14H26N2O/c1-2-5-13(15)10-16(11-13)12-4-8-17-14(9-12)6-3-7-14/h12H,2-11,15H2,1H3. The Morgan fingerprint density at radius 1 is 1.35 bits per heavy atom. The molecule has 2 N–H and O–H groups in total. The van der Waals surface area contributed by atoms with Gasteiger partial charge in [0.25, 0.3) is 0 Å². The summed E-state index contributed by atoms with van der Waals surface area (Å²) in [5.74, 6) is 0. The van der Waals surface area contributed by atoms with Gasteiger partial charge in [0.2, 0.25) is 0 Å². The maximum atomic E-state index is 6.35. The van der Waals surface area contributed by atoms with E-state index in [2.05, 4.69) is 11.8 Å². The summed E-state index contributed by atoms with van der Waals surface area (Å²) < 4.78 is 5.99. The number of rotatable bonds is 3. The van der Waals surface area contributed by atoms with E-state index < -0.39 is 0 Å². The molecule has 2 saturated heterocycles. The summed E-state index contributed by atoms with van der Waals surface area (Å²) >= 11 is 0. The molecular weight excluding hydrogens is 212 g/mol. The molecule has 3 nitrogen and oxygen atoms in total. The van der Waals surface area contributed by atoms with E-state index in [0.717, 1.165) is 25.7 Å². The Bertz CT molecular complexity index is 282. The van der Waals surface area contributed by atoms with Crippen LogP contribution in [-0.4, -0.2) is 41.8 Å². The van der Waals surface area contributed by atoms with Crippen molar-refractivity contribution in [2.45, 2.75) is 69.1 Å². The SMILES string of the molecule is CCCC1(N)CN(C2CCOC3(CCC3)C2)C1. The number of hydrogen-bond acceptors (Lipinski definition) is 3. The predicted octanol–water partition coefficient (Wildman–Crippen LogP) is 1.90. The van der Waals surface area contributed by atoms with E-state index in [1.165, 1.54) is 44.9 Å². The fourth-order valence-electron chi connectivity index (χ4n) is 3.91. The van der Waals surface area contributed by atoms with Gasteiger partial charge in [0.15, 0.2) is 0 Å². The van der Waals surface area contributed by atoms with Crippen LogP contribution < -0.4 is 5.73 Å². The third-order valence-corrected chi connectivity index (χ3v) is 5.03. The maximum Gasteiger partial charge on any atom is 0.0697 e. The third-order valence-electron chi connectivity index (χ3n) is 5.03. The molecule has 0 aromatic rings. The first kappa shape index (κ1) is 11.9. The molecule has 0 bridgehead atoms. The molecule has 0 amide bonds. The van der Waals surface area contributed by atoms with E-state index in [1.54, 1.807) is 0 Å². The maximum absolute atomic E-state index is 6.35. The molecule has 98 valence electrons. The smallest absolute Gasteiger partial charge is 0.0697 e. The van der Waals surface area contributed by atoms with Gasteiger partial charge in [-0.25, -0.2) is 0 Å². The average Bonchev–Trinajstić information content (AvgIpc) is 2.24. The van der Waals surface area contributed by atoms with E-state index in [4.69, 9.17) is 10.5 Å². The van der Waals surface area contributed by atoms with Crippen LogP contribution in [0.3, 0.4) is 0 Å². The van der Waals surface area contributed by atoms with Gasteiger partial charge in [0.05, 0.1) is 5.60 Å². The first-order valence-electron chi connectivity index (χ1n) is 7.32. The van der Waals surface area contributed by atoms with Crippen LogP contribution in [0.15, 0.2) is 0 Å². The van der Waals surface area contributed by atoms with Crippen LogP contribution in [0.2, 0.25) is 0 Å². The Morgan fingerprint density at radius 3 is 2.71 bits per heavy atom. The lowest BCUT2D eigenvalue weighted by Crippen LogP contribution is -2.70. The van der Waals surface area contributed by atoms with E-state index in [1.807, 2.05) is 0 Å². The highest BCUT2D eigenvalue weighted by Gasteiger charge is 2.48. The molecule has 2 aliphatic heterocycles. The summed E-state index contributed by atoms with van der Waals surface area (Å²) in [6.45, 7) is 5.42. The summed E-state index contributed by atoms with van der Waals surface area (Å²) in [5.41, 5.74) is 6.75. The molecular formula is C14H26N2O. The molecule has 1 aliphatic carbocycles. The van der Waals surface area contributed by atoms with Crippen LogP contribution in [-0.2, 0) is 4.74 Å². The fourth-order valence-corrected chi connectivity index (χ4v) is 3.91. The Balaban J connectivity index is 1.53. The van der Waals surface area contributed by atoms with Crippen molar-refractivity contribution in [3.63, 3.8) is 0 Å². The normalized spacial score (nSPS) is 35.3. The van der Waals surface area contributed by atoms with Crippen LogP contribution >= 0.6 is 0 Å². The molecule has 2 heterocycles. The molecule has 1 unspecified atom stereocenters. The minimum Gasteiger partial charge on any atom is -0.375 e. The molecule has 1 spiro atoms. The van der Waals surface area contributed by atoms with Crippen LogP contribution in [0.5, 0.6) is 0 Å². The highest BCUT2D eigenvalue weighted by Crippen LogP contribution is 2.44. The van der Waals surface area contributed by atoms with E-state index in [0.29, 0.717) is 0 Å². The van der Waals surface area contributed by atoms with Gasteiger partial charge in [-0.2, -0.15) is 0 Å². The lowest BCUT2D eigenvalue weighted by Gasteiger charge is -2.56. The largest absolute Gasteiger partial charge is 0.375 e. The lowest BCUT2D eigenvalue weighted by atomic mass is 9.72. The topological polar surface area (TPSA) is 38.5 Å². The molecule has 0 aromatic carbocycles. The number of nitrogens with two attached hydrogens (primary N) is 1. The van der Waals surface area contributed by atoms with Crippen LogP contribution in [0.4, 0.5) is 0 Å². The third kappa shape index (κ3) is 2.13. The Labute approximate surface area is 105 Å². The minimum absolute atomic E-state index is 0.125. The molecule has 3 rings (SSSR count). The fraction of sp³-hybridized carbons (Fsp3) is 1.00. The van der Waals surface area contributed by atoms with Gasteiger partial charge >= 0.3 is 0 Å². The average molecular weight is 238 g/mol. The molecule has 3 heteroatoms. The van der Waals surface area contributed by atoms with Gasteiger partial charge in [-0.15, -0.1) is 0 Å². The quantitative estimate of drug-likeness (QED) is 0.816. The zero-order valence-electron chi connectivity index (χ0n) is 11.1. The molecule has 1 saturated carbocycles. The highest BCUT2D eigenvalue weighted by molar-refractivity contribution is 5.05.